The molecule has 3 amide bonds. The van der Waals surface area contributed by atoms with Crippen molar-refractivity contribution in [3.8, 4) is 5.75 Å². The molecule has 0 bridgehead atoms. The van der Waals surface area contributed by atoms with Crippen molar-refractivity contribution >= 4 is 17.7 Å². The Morgan fingerprint density at radius 1 is 0.958 bits per heavy atom. The summed E-state index contributed by atoms with van der Waals surface area (Å²) in [6, 6.07) is 10.5. The highest BCUT2D eigenvalue weighted by Gasteiger charge is 2.43. The van der Waals surface area contributed by atoms with Gasteiger partial charge in [-0.3, -0.25) is 19.3 Å². The summed E-state index contributed by atoms with van der Waals surface area (Å²) in [6.45, 7) is 0.252. The quantitative estimate of drug-likeness (QED) is 0.773. The average molecular weight is 322 g/mol. The number of aromatic hydroxyl groups is 1. The average Bonchev–Trinajstić information content (AvgIpc) is 2.73. The highest BCUT2D eigenvalue weighted by atomic mass is 16.3. The van der Waals surface area contributed by atoms with Crippen LogP contribution in [-0.4, -0.2) is 33.8 Å². The number of amides is 3. The van der Waals surface area contributed by atoms with Gasteiger partial charge < -0.3 is 10.4 Å². The molecule has 2 aliphatic rings. The lowest BCUT2D eigenvalue weighted by Gasteiger charge is -2.23. The van der Waals surface area contributed by atoms with Crippen molar-refractivity contribution in [1.82, 2.24) is 10.2 Å². The van der Waals surface area contributed by atoms with Gasteiger partial charge in [0.05, 0.1) is 11.1 Å². The normalized spacial score (nSPS) is 19.6. The second-order valence-electron chi connectivity index (χ2n) is 5.92. The van der Waals surface area contributed by atoms with Crippen LogP contribution in [0.2, 0.25) is 0 Å². The maximum Gasteiger partial charge on any atom is 0.262 e. The van der Waals surface area contributed by atoms with Crippen LogP contribution in [0.15, 0.2) is 42.5 Å². The summed E-state index contributed by atoms with van der Waals surface area (Å²) in [5.41, 5.74) is 2.26. The van der Waals surface area contributed by atoms with Gasteiger partial charge in [-0.1, -0.05) is 18.2 Å². The van der Waals surface area contributed by atoms with Crippen LogP contribution in [0.1, 0.15) is 31.8 Å². The molecule has 2 heterocycles. The molecule has 0 aromatic heterocycles. The third-order valence-corrected chi connectivity index (χ3v) is 4.50. The molecule has 2 aliphatic heterocycles. The van der Waals surface area contributed by atoms with E-state index in [1.54, 1.807) is 36.4 Å². The van der Waals surface area contributed by atoms with Crippen LogP contribution < -0.4 is 5.32 Å². The molecule has 0 unspecified atom stereocenters. The van der Waals surface area contributed by atoms with E-state index in [9.17, 15) is 19.5 Å². The van der Waals surface area contributed by atoms with Gasteiger partial charge in [0, 0.05) is 13.0 Å². The summed E-state index contributed by atoms with van der Waals surface area (Å²) < 4.78 is 0. The molecular weight excluding hydrogens is 308 g/mol. The van der Waals surface area contributed by atoms with E-state index >= 15 is 0 Å². The van der Waals surface area contributed by atoms with Crippen LogP contribution in [0.25, 0.3) is 0 Å². The topological polar surface area (TPSA) is 86.7 Å². The first kappa shape index (κ1) is 14.4. The summed E-state index contributed by atoms with van der Waals surface area (Å²) in [5, 5.41) is 12.3. The van der Waals surface area contributed by atoms with Gasteiger partial charge in [0.15, 0.2) is 0 Å². The fraction of sp³-hybridized carbons (Fsp3) is 0.167. The van der Waals surface area contributed by atoms with Gasteiger partial charge in [-0.05, 0) is 35.4 Å². The Bertz CT molecular complexity index is 855. The number of rotatable bonds is 1. The van der Waals surface area contributed by atoms with E-state index in [2.05, 4.69) is 5.32 Å². The molecule has 0 saturated heterocycles. The largest absolute Gasteiger partial charge is 0.508 e. The van der Waals surface area contributed by atoms with Gasteiger partial charge in [-0.15, -0.1) is 0 Å². The SMILES string of the molecule is O=C1NCc2cc(O)ccc2C[C@@H]1N1C(=O)c2ccccc2C1=O. The Hall–Kier alpha value is -3.15. The number of carbonyl (C=O) groups excluding carboxylic acids is 3. The number of phenols is 1. The van der Waals surface area contributed by atoms with Gasteiger partial charge >= 0.3 is 0 Å². The van der Waals surface area contributed by atoms with Gasteiger partial charge in [0.25, 0.3) is 11.8 Å². The molecular formula is C18H14N2O4. The monoisotopic (exact) mass is 322 g/mol. The minimum Gasteiger partial charge on any atom is -0.508 e. The van der Waals surface area contributed by atoms with Gasteiger partial charge in [-0.2, -0.15) is 0 Å². The number of fused-ring (bicyclic) bond motifs is 2. The summed E-state index contributed by atoms with van der Waals surface area (Å²) in [6.07, 6.45) is 0.229. The van der Waals surface area contributed by atoms with E-state index < -0.39 is 17.9 Å². The lowest BCUT2D eigenvalue weighted by Crippen LogP contribution is -2.49. The highest BCUT2D eigenvalue weighted by Crippen LogP contribution is 2.28. The maximum atomic E-state index is 12.6. The van der Waals surface area contributed by atoms with Crippen LogP contribution in [0.3, 0.4) is 0 Å². The molecule has 0 spiro atoms. The third-order valence-electron chi connectivity index (χ3n) is 4.50. The van der Waals surface area contributed by atoms with Crippen LogP contribution in [0, 0.1) is 0 Å². The van der Waals surface area contributed by atoms with Crippen LogP contribution in [0.5, 0.6) is 5.75 Å². The number of hydrogen-bond donors (Lipinski definition) is 2. The second-order valence-corrected chi connectivity index (χ2v) is 5.92. The van der Waals surface area contributed by atoms with E-state index in [1.165, 1.54) is 6.07 Å². The number of phenolic OH excluding ortho intramolecular Hbond substituents is 1. The molecule has 2 aromatic carbocycles. The van der Waals surface area contributed by atoms with Crippen LogP contribution in [0.4, 0.5) is 0 Å². The number of hydrogen-bond acceptors (Lipinski definition) is 4. The summed E-state index contributed by atoms with van der Waals surface area (Å²) in [7, 11) is 0. The number of imide groups is 1. The molecule has 1 atom stereocenters. The van der Waals surface area contributed by atoms with E-state index in [0.29, 0.717) is 11.1 Å². The van der Waals surface area contributed by atoms with Crippen molar-refractivity contribution in [2.75, 3.05) is 0 Å². The number of carbonyl (C=O) groups is 3. The van der Waals surface area contributed by atoms with Gasteiger partial charge in [-0.25, -0.2) is 0 Å². The highest BCUT2D eigenvalue weighted by molar-refractivity contribution is 6.22. The summed E-state index contributed by atoms with van der Waals surface area (Å²) >= 11 is 0. The van der Waals surface area contributed by atoms with Crippen molar-refractivity contribution in [3.05, 3.63) is 64.7 Å². The zero-order valence-electron chi connectivity index (χ0n) is 12.7. The van der Waals surface area contributed by atoms with Crippen LogP contribution in [-0.2, 0) is 17.8 Å². The fourth-order valence-electron chi connectivity index (χ4n) is 3.28. The Labute approximate surface area is 137 Å². The molecule has 0 saturated carbocycles. The molecule has 0 aliphatic carbocycles. The first-order valence-electron chi connectivity index (χ1n) is 7.61. The molecule has 24 heavy (non-hydrogen) atoms. The lowest BCUT2D eigenvalue weighted by molar-refractivity contribution is -0.124. The smallest absolute Gasteiger partial charge is 0.262 e. The molecule has 0 radical (unpaired) electrons. The molecule has 4 rings (SSSR count). The minimum atomic E-state index is -0.900. The predicted octanol–water partition coefficient (Wildman–Crippen LogP) is 1.23. The van der Waals surface area contributed by atoms with E-state index in [1.807, 2.05) is 0 Å². The number of nitrogens with one attached hydrogen (secondary N) is 1. The molecule has 2 N–H and O–H groups in total. The van der Waals surface area contributed by atoms with E-state index in [-0.39, 0.29) is 24.6 Å². The Kier molecular flexibility index (Phi) is 3.13. The first-order valence-corrected chi connectivity index (χ1v) is 7.61. The number of nitrogens with zero attached hydrogens (tertiary/aromatic N) is 1. The van der Waals surface area contributed by atoms with E-state index in [4.69, 9.17) is 0 Å². The van der Waals surface area contributed by atoms with Gasteiger partial charge in [0.1, 0.15) is 11.8 Å². The minimum absolute atomic E-state index is 0.113. The summed E-state index contributed by atoms with van der Waals surface area (Å²) in [4.78, 5) is 38.8. The first-order chi connectivity index (χ1) is 11.6. The maximum absolute atomic E-state index is 12.6. The fourth-order valence-corrected chi connectivity index (χ4v) is 3.28. The Balaban J connectivity index is 1.74. The van der Waals surface area contributed by atoms with Crippen molar-refractivity contribution in [2.24, 2.45) is 0 Å². The lowest BCUT2D eigenvalue weighted by atomic mass is 10.0. The molecule has 2 aromatic rings. The van der Waals surface area contributed by atoms with E-state index in [0.717, 1.165) is 16.0 Å². The van der Waals surface area contributed by atoms with Crippen molar-refractivity contribution in [3.63, 3.8) is 0 Å². The molecule has 6 heteroatoms. The number of benzene rings is 2. The predicted molar refractivity (Wildman–Crippen MR) is 84.4 cm³/mol. The van der Waals surface area contributed by atoms with Crippen LogP contribution >= 0.6 is 0 Å². The Morgan fingerprint density at radius 2 is 1.62 bits per heavy atom. The zero-order chi connectivity index (χ0) is 16.8. The molecule has 0 fully saturated rings. The standard InChI is InChI=1S/C18H14N2O4/c21-12-6-5-10-8-15(16(22)19-9-11(10)7-12)20-17(23)13-3-1-2-4-14(13)18(20)24/h1-7,15,21H,8-9H2,(H,19,22)/t15-/m0/s1. The van der Waals surface area contributed by atoms with Crippen molar-refractivity contribution in [2.45, 2.75) is 19.0 Å². The van der Waals surface area contributed by atoms with Crippen molar-refractivity contribution < 1.29 is 19.5 Å². The molecule has 120 valence electrons. The third kappa shape index (κ3) is 2.07. The van der Waals surface area contributed by atoms with Crippen molar-refractivity contribution in [1.29, 1.82) is 0 Å². The second kappa shape index (κ2) is 5.19. The van der Waals surface area contributed by atoms with Gasteiger partial charge in [0.2, 0.25) is 5.91 Å². The summed E-state index contributed by atoms with van der Waals surface area (Å²) in [5.74, 6) is -1.15. The molecule has 6 nitrogen and oxygen atoms in total. The zero-order valence-corrected chi connectivity index (χ0v) is 12.7. The Morgan fingerprint density at radius 3 is 2.29 bits per heavy atom.